The molecule has 0 amide bonds. The smallest absolute Gasteiger partial charge is 0.106 e. The molecule has 0 saturated carbocycles. The molecule has 1 unspecified atom stereocenters. The lowest BCUT2D eigenvalue weighted by Gasteiger charge is -2.23. The number of hydrogen-bond donors (Lipinski definition) is 1. The first-order valence-corrected chi connectivity index (χ1v) is 6.06. The Morgan fingerprint density at radius 2 is 2.40 bits per heavy atom. The van der Waals surface area contributed by atoms with Crippen molar-refractivity contribution in [3.8, 4) is 0 Å². The standard InChI is InChI=1S/C12H18N2S/c1-3-14-6-4-5-11(14)10-7-9(2)12(15)13-8-10/h7-8,11H,3-6H2,1-2H3,(H,13,15). The molecule has 1 saturated heterocycles. The van der Waals surface area contributed by atoms with Crippen LogP contribution in [0.15, 0.2) is 12.3 Å². The first-order chi connectivity index (χ1) is 7.22. The predicted octanol–water partition coefficient (Wildman–Crippen LogP) is 3.21. The number of aromatic amines is 1. The van der Waals surface area contributed by atoms with E-state index < -0.39 is 0 Å². The summed E-state index contributed by atoms with van der Waals surface area (Å²) >= 11 is 5.18. The van der Waals surface area contributed by atoms with Gasteiger partial charge in [0.05, 0.1) is 0 Å². The summed E-state index contributed by atoms with van der Waals surface area (Å²) in [5.41, 5.74) is 2.57. The highest BCUT2D eigenvalue weighted by molar-refractivity contribution is 7.71. The SMILES string of the molecule is CCN1CCCC1c1c[nH]c(=S)c(C)c1. The molecule has 1 fully saturated rings. The first kappa shape index (κ1) is 10.8. The molecule has 0 spiro atoms. The minimum absolute atomic E-state index is 0.598. The van der Waals surface area contributed by atoms with Gasteiger partial charge < -0.3 is 4.98 Å². The zero-order chi connectivity index (χ0) is 10.8. The Morgan fingerprint density at radius 1 is 1.60 bits per heavy atom. The van der Waals surface area contributed by atoms with Crippen molar-refractivity contribution in [3.63, 3.8) is 0 Å². The summed E-state index contributed by atoms with van der Waals surface area (Å²) in [5.74, 6) is 0. The number of hydrogen-bond acceptors (Lipinski definition) is 2. The van der Waals surface area contributed by atoms with E-state index in [0.717, 1.165) is 11.2 Å². The molecule has 2 nitrogen and oxygen atoms in total. The molecule has 0 bridgehead atoms. The van der Waals surface area contributed by atoms with Crippen LogP contribution < -0.4 is 0 Å². The summed E-state index contributed by atoms with van der Waals surface area (Å²) in [6, 6.07) is 2.83. The Balaban J connectivity index is 2.29. The van der Waals surface area contributed by atoms with Crippen LogP contribution >= 0.6 is 12.2 Å². The summed E-state index contributed by atoms with van der Waals surface area (Å²) in [7, 11) is 0. The van der Waals surface area contributed by atoms with Gasteiger partial charge in [0, 0.05) is 12.2 Å². The molecule has 1 aromatic heterocycles. The summed E-state index contributed by atoms with van der Waals surface area (Å²) in [5, 5.41) is 0. The second-order valence-corrected chi connectivity index (χ2v) is 4.64. The van der Waals surface area contributed by atoms with Crippen LogP contribution in [0, 0.1) is 11.6 Å². The van der Waals surface area contributed by atoms with Crippen molar-refractivity contribution in [3.05, 3.63) is 28.0 Å². The molecule has 3 heteroatoms. The van der Waals surface area contributed by atoms with Gasteiger partial charge in [0.25, 0.3) is 0 Å². The minimum Gasteiger partial charge on any atom is -0.352 e. The molecule has 1 aromatic rings. The minimum atomic E-state index is 0.598. The lowest BCUT2D eigenvalue weighted by Crippen LogP contribution is -2.22. The largest absolute Gasteiger partial charge is 0.352 e. The number of aryl methyl sites for hydroxylation is 1. The maximum atomic E-state index is 5.18. The van der Waals surface area contributed by atoms with E-state index in [2.05, 4.69) is 36.0 Å². The zero-order valence-electron chi connectivity index (χ0n) is 9.42. The molecule has 1 N–H and O–H groups in total. The highest BCUT2D eigenvalue weighted by atomic mass is 32.1. The highest BCUT2D eigenvalue weighted by Gasteiger charge is 2.24. The van der Waals surface area contributed by atoms with Crippen LogP contribution in [0.4, 0.5) is 0 Å². The number of aromatic nitrogens is 1. The van der Waals surface area contributed by atoms with Crippen molar-refractivity contribution in [2.45, 2.75) is 32.7 Å². The highest BCUT2D eigenvalue weighted by Crippen LogP contribution is 2.31. The van der Waals surface area contributed by atoms with Gasteiger partial charge in [0.2, 0.25) is 0 Å². The summed E-state index contributed by atoms with van der Waals surface area (Å²) in [6.45, 7) is 6.68. The molecule has 0 aromatic carbocycles. The van der Waals surface area contributed by atoms with Crippen LogP contribution in [0.1, 0.15) is 36.9 Å². The van der Waals surface area contributed by atoms with Crippen LogP contribution in [0.25, 0.3) is 0 Å². The Morgan fingerprint density at radius 3 is 3.07 bits per heavy atom. The normalized spacial score (nSPS) is 22.1. The van der Waals surface area contributed by atoms with E-state index in [1.54, 1.807) is 0 Å². The van der Waals surface area contributed by atoms with Gasteiger partial charge in [-0.25, -0.2) is 0 Å². The van der Waals surface area contributed by atoms with Gasteiger partial charge in [-0.1, -0.05) is 25.2 Å². The van der Waals surface area contributed by atoms with Gasteiger partial charge in [0.1, 0.15) is 4.64 Å². The average Bonchev–Trinajstić information content (AvgIpc) is 2.70. The number of nitrogens with one attached hydrogen (secondary N) is 1. The van der Waals surface area contributed by atoms with Crippen molar-refractivity contribution in [1.29, 1.82) is 0 Å². The molecule has 2 rings (SSSR count). The number of rotatable bonds is 2. The van der Waals surface area contributed by atoms with E-state index in [1.807, 2.05) is 0 Å². The third-order valence-corrected chi connectivity index (χ3v) is 3.71. The number of H-pyrrole nitrogens is 1. The molecule has 1 aliphatic heterocycles. The molecular weight excluding hydrogens is 204 g/mol. The molecule has 15 heavy (non-hydrogen) atoms. The van der Waals surface area contributed by atoms with Gasteiger partial charge in [-0.15, -0.1) is 0 Å². The second kappa shape index (κ2) is 4.45. The number of pyridine rings is 1. The number of likely N-dealkylation sites (tertiary alicyclic amines) is 1. The molecule has 2 heterocycles. The fourth-order valence-electron chi connectivity index (χ4n) is 2.39. The van der Waals surface area contributed by atoms with Crippen LogP contribution in [-0.4, -0.2) is 23.0 Å². The van der Waals surface area contributed by atoms with E-state index in [0.29, 0.717) is 6.04 Å². The van der Waals surface area contributed by atoms with Crippen LogP contribution in [0.2, 0.25) is 0 Å². The number of nitrogens with zero attached hydrogens (tertiary/aromatic N) is 1. The van der Waals surface area contributed by atoms with E-state index >= 15 is 0 Å². The Labute approximate surface area is 96.3 Å². The van der Waals surface area contributed by atoms with E-state index in [4.69, 9.17) is 12.2 Å². The maximum Gasteiger partial charge on any atom is 0.106 e. The monoisotopic (exact) mass is 222 g/mol. The molecule has 1 aliphatic rings. The lowest BCUT2D eigenvalue weighted by atomic mass is 10.1. The molecule has 1 atom stereocenters. The Hall–Kier alpha value is -0.670. The van der Waals surface area contributed by atoms with E-state index in [-0.39, 0.29) is 0 Å². The summed E-state index contributed by atoms with van der Waals surface area (Å²) in [4.78, 5) is 5.71. The van der Waals surface area contributed by atoms with E-state index in [1.165, 1.54) is 30.5 Å². The topological polar surface area (TPSA) is 19.0 Å². The quantitative estimate of drug-likeness (QED) is 0.775. The van der Waals surface area contributed by atoms with Gasteiger partial charge in [0.15, 0.2) is 0 Å². The molecule has 82 valence electrons. The van der Waals surface area contributed by atoms with Gasteiger partial charge >= 0.3 is 0 Å². The Bertz CT molecular complexity index is 397. The zero-order valence-corrected chi connectivity index (χ0v) is 10.2. The molecule has 0 aliphatic carbocycles. The lowest BCUT2D eigenvalue weighted by molar-refractivity contribution is 0.271. The van der Waals surface area contributed by atoms with Gasteiger partial charge in [-0.2, -0.15) is 0 Å². The van der Waals surface area contributed by atoms with Crippen molar-refractivity contribution < 1.29 is 0 Å². The van der Waals surface area contributed by atoms with Crippen molar-refractivity contribution in [2.24, 2.45) is 0 Å². The fourth-order valence-corrected chi connectivity index (χ4v) is 2.51. The molecule has 0 radical (unpaired) electrons. The van der Waals surface area contributed by atoms with Gasteiger partial charge in [-0.05, 0) is 44.0 Å². The third kappa shape index (κ3) is 2.13. The average molecular weight is 222 g/mol. The molecular formula is C12H18N2S. The van der Waals surface area contributed by atoms with Crippen LogP contribution in [0.3, 0.4) is 0 Å². The summed E-state index contributed by atoms with van der Waals surface area (Å²) < 4.78 is 0.861. The van der Waals surface area contributed by atoms with Crippen molar-refractivity contribution in [1.82, 2.24) is 9.88 Å². The Kier molecular flexibility index (Phi) is 3.22. The predicted molar refractivity (Wildman–Crippen MR) is 65.6 cm³/mol. The van der Waals surface area contributed by atoms with Gasteiger partial charge in [-0.3, -0.25) is 4.90 Å². The van der Waals surface area contributed by atoms with Crippen molar-refractivity contribution in [2.75, 3.05) is 13.1 Å². The summed E-state index contributed by atoms with van der Waals surface area (Å²) in [6.07, 6.45) is 4.67. The van der Waals surface area contributed by atoms with Crippen LogP contribution in [0.5, 0.6) is 0 Å². The second-order valence-electron chi connectivity index (χ2n) is 4.23. The fraction of sp³-hybridized carbons (Fsp3) is 0.583. The van der Waals surface area contributed by atoms with E-state index in [9.17, 15) is 0 Å². The third-order valence-electron chi connectivity index (χ3n) is 3.27. The maximum absolute atomic E-state index is 5.18. The van der Waals surface area contributed by atoms with Crippen LogP contribution in [-0.2, 0) is 0 Å². The first-order valence-electron chi connectivity index (χ1n) is 5.65. The van der Waals surface area contributed by atoms with Crippen molar-refractivity contribution >= 4 is 12.2 Å².